The lowest BCUT2D eigenvalue weighted by atomic mass is 10.3. The van der Waals surface area contributed by atoms with Gasteiger partial charge in [-0.05, 0) is 0 Å². The summed E-state index contributed by atoms with van der Waals surface area (Å²) in [6.45, 7) is 3.89. The van der Waals surface area contributed by atoms with Gasteiger partial charge in [-0.1, -0.05) is 0 Å². The van der Waals surface area contributed by atoms with Crippen molar-refractivity contribution < 1.29 is 28.6 Å². The fraction of sp³-hybridized carbons (Fsp3) is 0.700. The molecule has 0 amide bonds. The van der Waals surface area contributed by atoms with Gasteiger partial charge in [-0.3, -0.25) is 14.4 Å². The largest absolute Gasteiger partial charge is 0.466 e. The highest BCUT2D eigenvalue weighted by Gasteiger charge is 2.14. The third kappa shape index (κ3) is 8.98. The summed E-state index contributed by atoms with van der Waals surface area (Å²) in [5.74, 6) is -1.33. The summed E-state index contributed by atoms with van der Waals surface area (Å²) in [6.07, 6.45) is -0.285. The molecule has 6 heteroatoms. The Morgan fingerprint density at radius 1 is 0.938 bits per heavy atom. The first kappa shape index (κ1) is 14.4. The Kier molecular flexibility index (Phi) is 6.91. The summed E-state index contributed by atoms with van der Waals surface area (Å²) >= 11 is 0. The van der Waals surface area contributed by atoms with Crippen LogP contribution in [-0.2, 0) is 28.6 Å². The number of ether oxygens (including phenoxy) is 3. The van der Waals surface area contributed by atoms with Gasteiger partial charge in [0, 0.05) is 27.2 Å². The van der Waals surface area contributed by atoms with Crippen molar-refractivity contribution in [1.29, 1.82) is 0 Å². The van der Waals surface area contributed by atoms with E-state index >= 15 is 0 Å². The molecule has 0 spiro atoms. The molecule has 0 aromatic rings. The van der Waals surface area contributed by atoms with E-state index in [4.69, 9.17) is 14.2 Å². The fourth-order valence-corrected chi connectivity index (χ4v) is 0.955. The maximum atomic E-state index is 10.7. The second-order valence-electron chi connectivity index (χ2n) is 3.16. The van der Waals surface area contributed by atoms with Crippen molar-refractivity contribution in [3.8, 4) is 0 Å². The van der Waals surface area contributed by atoms with Crippen LogP contribution in [0.15, 0.2) is 0 Å². The van der Waals surface area contributed by atoms with E-state index in [-0.39, 0.29) is 13.2 Å². The van der Waals surface area contributed by atoms with Gasteiger partial charge in [0.15, 0.2) is 0 Å². The zero-order valence-electron chi connectivity index (χ0n) is 9.65. The molecular formula is C10H16O6. The van der Waals surface area contributed by atoms with Gasteiger partial charge in [-0.2, -0.15) is 0 Å². The number of carbonyl (C=O) groups excluding carboxylic acids is 3. The topological polar surface area (TPSA) is 78.9 Å². The molecule has 0 aromatic carbocycles. The number of hydrogen-bond acceptors (Lipinski definition) is 6. The molecule has 0 bridgehead atoms. The molecule has 0 fully saturated rings. The molecule has 0 aliphatic heterocycles. The lowest BCUT2D eigenvalue weighted by Gasteiger charge is -2.16. The minimum Gasteiger partial charge on any atom is -0.466 e. The molecule has 6 nitrogen and oxygen atoms in total. The zero-order valence-corrected chi connectivity index (χ0v) is 9.65. The summed E-state index contributed by atoms with van der Waals surface area (Å²) in [5.41, 5.74) is 0. The molecule has 0 aliphatic rings. The van der Waals surface area contributed by atoms with Crippen LogP contribution in [0.3, 0.4) is 0 Å². The van der Waals surface area contributed by atoms with Gasteiger partial charge in [-0.25, -0.2) is 0 Å². The Hall–Kier alpha value is -1.59. The van der Waals surface area contributed by atoms with Crippen LogP contribution < -0.4 is 0 Å². The lowest BCUT2D eigenvalue weighted by molar-refractivity contribution is -0.158. The van der Waals surface area contributed by atoms with Crippen LogP contribution >= 0.6 is 0 Å². The van der Waals surface area contributed by atoms with Gasteiger partial charge in [0.25, 0.3) is 0 Å². The van der Waals surface area contributed by atoms with Crippen LogP contribution in [0.5, 0.6) is 0 Å². The van der Waals surface area contributed by atoms with E-state index in [9.17, 15) is 14.4 Å². The molecule has 0 aliphatic carbocycles. The molecule has 0 N–H and O–H groups in total. The summed E-state index contributed by atoms with van der Waals surface area (Å²) in [4.78, 5) is 31.8. The van der Waals surface area contributed by atoms with E-state index in [1.54, 1.807) is 0 Å². The Bertz CT molecular complexity index is 260. The fourth-order valence-electron chi connectivity index (χ4n) is 0.955. The summed E-state index contributed by atoms with van der Waals surface area (Å²) in [5, 5.41) is 0. The predicted molar refractivity (Wildman–Crippen MR) is 53.4 cm³/mol. The van der Waals surface area contributed by atoms with Crippen molar-refractivity contribution >= 4 is 17.9 Å². The SMILES string of the molecule is CC(=O)OCCC(COC(C)=O)OC(C)=O. The second kappa shape index (κ2) is 7.67. The molecule has 92 valence electrons. The van der Waals surface area contributed by atoms with E-state index in [1.807, 2.05) is 0 Å². The monoisotopic (exact) mass is 232 g/mol. The Morgan fingerprint density at radius 3 is 1.94 bits per heavy atom. The second-order valence-corrected chi connectivity index (χ2v) is 3.16. The maximum absolute atomic E-state index is 10.7. The highest BCUT2D eigenvalue weighted by molar-refractivity contribution is 5.67. The molecule has 0 saturated carbocycles. The molecule has 0 saturated heterocycles. The third-order valence-electron chi connectivity index (χ3n) is 1.55. The summed E-state index contributed by atoms with van der Waals surface area (Å²) < 4.78 is 14.3. The molecule has 1 unspecified atom stereocenters. The Labute approximate surface area is 93.8 Å². The minimum absolute atomic E-state index is 0.0316. The van der Waals surface area contributed by atoms with Crippen LogP contribution in [0, 0.1) is 0 Å². The number of hydrogen-bond donors (Lipinski definition) is 0. The predicted octanol–water partition coefficient (Wildman–Crippen LogP) is 0.434. The van der Waals surface area contributed by atoms with Crippen LogP contribution in [0.1, 0.15) is 27.2 Å². The number of esters is 3. The summed E-state index contributed by atoms with van der Waals surface area (Å²) in [7, 11) is 0. The van der Waals surface area contributed by atoms with Gasteiger partial charge in [0.1, 0.15) is 12.7 Å². The highest BCUT2D eigenvalue weighted by Crippen LogP contribution is 2.01. The van der Waals surface area contributed by atoms with E-state index in [2.05, 4.69) is 0 Å². The van der Waals surface area contributed by atoms with E-state index in [1.165, 1.54) is 20.8 Å². The Balaban J connectivity index is 3.94. The van der Waals surface area contributed by atoms with Crippen molar-refractivity contribution in [2.45, 2.75) is 33.3 Å². The van der Waals surface area contributed by atoms with Crippen molar-refractivity contribution in [3.05, 3.63) is 0 Å². The first-order valence-corrected chi connectivity index (χ1v) is 4.85. The molecule has 0 radical (unpaired) electrons. The van der Waals surface area contributed by atoms with Crippen molar-refractivity contribution in [3.63, 3.8) is 0 Å². The third-order valence-corrected chi connectivity index (χ3v) is 1.55. The van der Waals surface area contributed by atoms with Gasteiger partial charge in [0.05, 0.1) is 6.61 Å². The highest BCUT2D eigenvalue weighted by atomic mass is 16.6. The normalized spacial score (nSPS) is 11.4. The molecule has 0 rings (SSSR count). The first-order chi connectivity index (χ1) is 7.41. The van der Waals surface area contributed by atoms with Crippen LogP contribution in [0.25, 0.3) is 0 Å². The smallest absolute Gasteiger partial charge is 0.303 e. The van der Waals surface area contributed by atoms with Gasteiger partial charge >= 0.3 is 17.9 Å². The van der Waals surface area contributed by atoms with Crippen LogP contribution in [0.4, 0.5) is 0 Å². The van der Waals surface area contributed by atoms with Crippen molar-refractivity contribution in [2.75, 3.05) is 13.2 Å². The minimum atomic E-state index is -0.583. The van der Waals surface area contributed by atoms with Crippen LogP contribution in [0.2, 0.25) is 0 Å². The summed E-state index contributed by atoms with van der Waals surface area (Å²) in [6, 6.07) is 0. The van der Waals surface area contributed by atoms with Crippen molar-refractivity contribution in [2.24, 2.45) is 0 Å². The maximum Gasteiger partial charge on any atom is 0.303 e. The molecule has 0 heterocycles. The number of carbonyl (C=O) groups is 3. The lowest BCUT2D eigenvalue weighted by Crippen LogP contribution is -2.25. The van der Waals surface area contributed by atoms with Crippen LogP contribution in [-0.4, -0.2) is 37.2 Å². The van der Waals surface area contributed by atoms with Gasteiger partial charge in [0.2, 0.25) is 0 Å². The molecule has 16 heavy (non-hydrogen) atoms. The molecule has 1 atom stereocenters. The standard InChI is InChI=1S/C10H16O6/c1-7(11)14-5-4-10(16-9(3)13)6-15-8(2)12/h10H,4-6H2,1-3H3. The molecular weight excluding hydrogens is 216 g/mol. The van der Waals surface area contributed by atoms with Crippen molar-refractivity contribution in [1.82, 2.24) is 0 Å². The van der Waals surface area contributed by atoms with E-state index < -0.39 is 24.0 Å². The average Bonchev–Trinajstić information content (AvgIpc) is 2.12. The van der Waals surface area contributed by atoms with Gasteiger partial charge < -0.3 is 14.2 Å². The average molecular weight is 232 g/mol. The number of rotatable bonds is 6. The van der Waals surface area contributed by atoms with E-state index in [0.29, 0.717) is 6.42 Å². The quantitative estimate of drug-likeness (QED) is 0.488. The van der Waals surface area contributed by atoms with E-state index in [0.717, 1.165) is 0 Å². The molecule has 0 aromatic heterocycles. The van der Waals surface area contributed by atoms with Gasteiger partial charge in [-0.15, -0.1) is 0 Å². The zero-order chi connectivity index (χ0) is 12.6. The Morgan fingerprint density at radius 2 is 1.50 bits per heavy atom. The first-order valence-electron chi connectivity index (χ1n) is 4.85.